The number of benzene rings is 1. The topological polar surface area (TPSA) is 58.6 Å². The zero-order valence-corrected chi connectivity index (χ0v) is 9.84. The molecule has 0 fully saturated rings. The predicted molar refractivity (Wildman–Crippen MR) is 69.4 cm³/mol. The second kappa shape index (κ2) is 4.07. The van der Waals surface area contributed by atoms with E-state index in [9.17, 15) is 4.79 Å². The largest absolute Gasteiger partial charge is 0.345 e. The smallest absolute Gasteiger partial charge is 0.152 e. The maximum Gasteiger partial charge on any atom is 0.152 e. The molecule has 1 N–H and O–H groups in total. The molecule has 3 rings (SSSR count). The first-order valence-corrected chi connectivity index (χ1v) is 5.64. The predicted octanol–water partition coefficient (Wildman–Crippen LogP) is 2.75. The summed E-state index contributed by atoms with van der Waals surface area (Å²) in [5.74, 6) is 0. The van der Waals surface area contributed by atoms with E-state index in [4.69, 9.17) is 0 Å². The second-order valence-electron chi connectivity index (χ2n) is 4.18. The van der Waals surface area contributed by atoms with Crippen molar-refractivity contribution in [3.8, 4) is 11.3 Å². The van der Waals surface area contributed by atoms with Crippen LogP contribution in [0.3, 0.4) is 0 Å². The molecule has 0 atom stereocenters. The Balaban J connectivity index is 2.35. The van der Waals surface area contributed by atoms with E-state index in [2.05, 4.69) is 15.0 Å². The standard InChI is InChI=1S/C14H11N3O/c1-9-3-2-4-10(5-9)13-12-11(7-18)6-15-14(12)17-8-16-13/h2-8H,1H3,(H,15,16,17). The van der Waals surface area contributed by atoms with Crippen molar-refractivity contribution in [2.75, 3.05) is 0 Å². The summed E-state index contributed by atoms with van der Waals surface area (Å²) in [6, 6.07) is 8.03. The van der Waals surface area contributed by atoms with Crippen LogP contribution in [0.5, 0.6) is 0 Å². The fraction of sp³-hybridized carbons (Fsp3) is 0.0714. The Kier molecular flexibility index (Phi) is 2.41. The van der Waals surface area contributed by atoms with Gasteiger partial charge in [-0.05, 0) is 13.0 Å². The minimum Gasteiger partial charge on any atom is -0.345 e. The van der Waals surface area contributed by atoms with Crippen LogP contribution in [-0.2, 0) is 0 Å². The third kappa shape index (κ3) is 1.59. The molecule has 2 aromatic heterocycles. The molecular weight excluding hydrogens is 226 g/mol. The maximum absolute atomic E-state index is 11.1. The van der Waals surface area contributed by atoms with E-state index in [-0.39, 0.29) is 0 Å². The number of H-pyrrole nitrogens is 1. The number of aromatic amines is 1. The molecule has 0 unspecified atom stereocenters. The molecule has 88 valence electrons. The van der Waals surface area contributed by atoms with Crippen molar-refractivity contribution in [3.63, 3.8) is 0 Å². The van der Waals surface area contributed by atoms with Gasteiger partial charge in [0.15, 0.2) is 6.29 Å². The third-order valence-electron chi connectivity index (χ3n) is 2.92. The SMILES string of the molecule is Cc1cccc(-c2ncnc3[nH]cc(C=O)c23)c1. The average molecular weight is 237 g/mol. The molecule has 0 bridgehead atoms. The molecule has 0 amide bonds. The molecule has 3 aromatic rings. The van der Waals surface area contributed by atoms with Crippen LogP contribution >= 0.6 is 0 Å². The highest BCUT2D eigenvalue weighted by Gasteiger charge is 2.11. The number of fused-ring (bicyclic) bond motifs is 1. The highest BCUT2D eigenvalue weighted by atomic mass is 16.1. The molecule has 2 heterocycles. The molecule has 1 aromatic carbocycles. The van der Waals surface area contributed by atoms with Gasteiger partial charge in [0, 0.05) is 17.3 Å². The van der Waals surface area contributed by atoms with Gasteiger partial charge < -0.3 is 4.98 Å². The van der Waals surface area contributed by atoms with Crippen molar-refractivity contribution in [2.45, 2.75) is 6.92 Å². The summed E-state index contributed by atoms with van der Waals surface area (Å²) in [6.07, 6.45) is 3.98. The number of carbonyl (C=O) groups is 1. The maximum atomic E-state index is 11.1. The van der Waals surface area contributed by atoms with Crippen LogP contribution in [0.4, 0.5) is 0 Å². The van der Waals surface area contributed by atoms with Gasteiger partial charge >= 0.3 is 0 Å². The van der Waals surface area contributed by atoms with Gasteiger partial charge in [-0.3, -0.25) is 4.79 Å². The normalized spacial score (nSPS) is 10.7. The summed E-state index contributed by atoms with van der Waals surface area (Å²) in [7, 11) is 0. The van der Waals surface area contributed by atoms with Crippen LogP contribution in [0.15, 0.2) is 36.8 Å². The van der Waals surface area contributed by atoms with Gasteiger partial charge in [-0.2, -0.15) is 0 Å². The van der Waals surface area contributed by atoms with Crippen LogP contribution < -0.4 is 0 Å². The van der Waals surface area contributed by atoms with Gasteiger partial charge in [-0.1, -0.05) is 23.8 Å². The average Bonchev–Trinajstić information content (AvgIpc) is 2.81. The number of rotatable bonds is 2. The van der Waals surface area contributed by atoms with Crippen molar-refractivity contribution in [2.24, 2.45) is 0 Å². The zero-order valence-electron chi connectivity index (χ0n) is 9.84. The van der Waals surface area contributed by atoms with Gasteiger partial charge in [0.2, 0.25) is 0 Å². The van der Waals surface area contributed by atoms with E-state index in [0.717, 1.165) is 28.5 Å². The molecule has 0 aliphatic rings. The first-order chi connectivity index (χ1) is 8.79. The number of carbonyl (C=O) groups excluding carboxylic acids is 1. The summed E-state index contributed by atoms with van der Waals surface area (Å²) < 4.78 is 0. The monoisotopic (exact) mass is 237 g/mol. The summed E-state index contributed by atoms with van der Waals surface area (Å²) >= 11 is 0. The Hall–Kier alpha value is -2.49. The molecule has 0 saturated carbocycles. The second-order valence-corrected chi connectivity index (χ2v) is 4.18. The molecule has 0 radical (unpaired) electrons. The van der Waals surface area contributed by atoms with Gasteiger partial charge in [0.25, 0.3) is 0 Å². The lowest BCUT2D eigenvalue weighted by molar-refractivity contribution is 0.112. The number of hydrogen-bond donors (Lipinski definition) is 1. The molecule has 0 aliphatic heterocycles. The van der Waals surface area contributed by atoms with Gasteiger partial charge in [-0.15, -0.1) is 0 Å². The lowest BCUT2D eigenvalue weighted by Crippen LogP contribution is -1.89. The third-order valence-corrected chi connectivity index (χ3v) is 2.92. The Morgan fingerprint density at radius 3 is 2.94 bits per heavy atom. The molecular formula is C14H11N3O. The van der Waals surface area contributed by atoms with Crippen molar-refractivity contribution < 1.29 is 4.79 Å². The fourth-order valence-corrected chi connectivity index (χ4v) is 2.09. The number of nitrogens with zero attached hydrogens (tertiary/aromatic N) is 2. The van der Waals surface area contributed by atoms with Gasteiger partial charge in [0.1, 0.15) is 12.0 Å². The summed E-state index contributed by atoms with van der Waals surface area (Å²) in [5, 5.41) is 0.776. The number of nitrogens with one attached hydrogen (secondary N) is 1. The molecule has 4 nitrogen and oxygen atoms in total. The first-order valence-electron chi connectivity index (χ1n) is 5.64. The summed E-state index contributed by atoms with van der Waals surface area (Å²) in [4.78, 5) is 22.5. The van der Waals surface area contributed by atoms with E-state index >= 15 is 0 Å². The highest BCUT2D eigenvalue weighted by Crippen LogP contribution is 2.27. The van der Waals surface area contributed by atoms with Crippen LogP contribution in [0.25, 0.3) is 22.3 Å². The van der Waals surface area contributed by atoms with E-state index in [1.165, 1.54) is 6.33 Å². The van der Waals surface area contributed by atoms with Gasteiger partial charge in [-0.25, -0.2) is 9.97 Å². The minimum absolute atomic E-state index is 0.585. The molecule has 0 aliphatic carbocycles. The minimum atomic E-state index is 0.585. The Bertz CT molecular complexity index is 731. The lowest BCUT2D eigenvalue weighted by Gasteiger charge is -2.03. The van der Waals surface area contributed by atoms with E-state index in [0.29, 0.717) is 11.2 Å². The highest BCUT2D eigenvalue weighted by molar-refractivity contribution is 6.03. The van der Waals surface area contributed by atoms with Crippen LogP contribution in [0.2, 0.25) is 0 Å². The van der Waals surface area contributed by atoms with E-state index in [1.54, 1.807) is 6.20 Å². The van der Waals surface area contributed by atoms with Crippen molar-refractivity contribution in [1.29, 1.82) is 0 Å². The lowest BCUT2D eigenvalue weighted by atomic mass is 10.0. The van der Waals surface area contributed by atoms with E-state index < -0.39 is 0 Å². The molecule has 18 heavy (non-hydrogen) atoms. The summed E-state index contributed by atoms with van der Waals surface area (Å²) in [5.41, 5.74) is 4.20. The quantitative estimate of drug-likeness (QED) is 0.697. The first kappa shape index (κ1) is 10.7. The number of hydrogen-bond acceptors (Lipinski definition) is 3. The van der Waals surface area contributed by atoms with Crippen LogP contribution in [-0.4, -0.2) is 21.2 Å². The number of aldehydes is 1. The number of aryl methyl sites for hydroxylation is 1. The molecule has 0 spiro atoms. The van der Waals surface area contributed by atoms with Crippen molar-refractivity contribution in [1.82, 2.24) is 15.0 Å². The molecule has 4 heteroatoms. The fourth-order valence-electron chi connectivity index (χ4n) is 2.09. The summed E-state index contributed by atoms with van der Waals surface area (Å²) in [6.45, 7) is 2.03. The van der Waals surface area contributed by atoms with Crippen molar-refractivity contribution in [3.05, 3.63) is 47.9 Å². The number of aromatic nitrogens is 3. The van der Waals surface area contributed by atoms with Crippen LogP contribution in [0.1, 0.15) is 15.9 Å². The molecule has 0 saturated heterocycles. The van der Waals surface area contributed by atoms with Crippen molar-refractivity contribution >= 4 is 17.3 Å². The van der Waals surface area contributed by atoms with E-state index in [1.807, 2.05) is 31.2 Å². The van der Waals surface area contributed by atoms with Gasteiger partial charge in [0.05, 0.1) is 11.1 Å². The Labute approximate surface area is 104 Å². The van der Waals surface area contributed by atoms with Crippen LogP contribution in [0, 0.1) is 6.92 Å². The Morgan fingerprint density at radius 1 is 1.28 bits per heavy atom. The Morgan fingerprint density at radius 2 is 2.17 bits per heavy atom. The zero-order chi connectivity index (χ0) is 12.5.